The molecule has 1 fully saturated rings. The minimum Gasteiger partial charge on any atom is -0.322 e. The number of rotatable bonds is 5. The maximum Gasteiger partial charge on any atom is 0.327 e. The molecule has 5 heteroatoms. The van der Waals surface area contributed by atoms with Gasteiger partial charge in [0.05, 0.1) is 17.3 Å². The summed E-state index contributed by atoms with van der Waals surface area (Å²) < 4.78 is 0. The SMILES string of the molecule is C[C@@H](SCc1ccccc1)C(=O)N1C(=O)N(C)[C@@H](C)[C@H]1c1ccccc1. The maximum absolute atomic E-state index is 13.1. The zero-order chi connectivity index (χ0) is 18.7. The first-order chi connectivity index (χ1) is 12.5. The zero-order valence-electron chi connectivity index (χ0n) is 15.3. The number of benzene rings is 2. The average molecular weight is 369 g/mol. The van der Waals surface area contributed by atoms with E-state index in [1.165, 1.54) is 10.5 Å². The molecule has 0 saturated carbocycles. The van der Waals surface area contributed by atoms with Crippen molar-refractivity contribution in [1.82, 2.24) is 9.80 Å². The molecule has 3 amide bonds. The van der Waals surface area contributed by atoms with Crippen molar-refractivity contribution >= 4 is 23.7 Å². The highest BCUT2D eigenvalue weighted by atomic mass is 32.2. The molecule has 2 aromatic rings. The molecule has 0 N–H and O–H groups in total. The number of hydrogen-bond acceptors (Lipinski definition) is 3. The van der Waals surface area contributed by atoms with Crippen LogP contribution < -0.4 is 0 Å². The van der Waals surface area contributed by atoms with Gasteiger partial charge in [0.2, 0.25) is 5.91 Å². The van der Waals surface area contributed by atoms with Gasteiger partial charge in [-0.1, -0.05) is 60.7 Å². The normalized spacial score (nSPS) is 21.1. The van der Waals surface area contributed by atoms with E-state index in [1.807, 2.05) is 74.5 Å². The summed E-state index contributed by atoms with van der Waals surface area (Å²) in [5.41, 5.74) is 2.17. The van der Waals surface area contributed by atoms with Crippen LogP contribution in [-0.2, 0) is 10.5 Å². The van der Waals surface area contributed by atoms with E-state index in [1.54, 1.807) is 23.7 Å². The summed E-state index contributed by atoms with van der Waals surface area (Å²) >= 11 is 1.56. The number of amides is 3. The summed E-state index contributed by atoms with van der Waals surface area (Å²) in [5, 5.41) is -0.288. The number of urea groups is 1. The van der Waals surface area contributed by atoms with Crippen LogP contribution in [0, 0.1) is 0 Å². The third-order valence-corrected chi connectivity index (χ3v) is 6.12. The van der Waals surface area contributed by atoms with Crippen LogP contribution >= 0.6 is 11.8 Å². The van der Waals surface area contributed by atoms with Crippen LogP contribution in [0.2, 0.25) is 0 Å². The fraction of sp³-hybridized carbons (Fsp3) is 0.333. The molecule has 1 aliphatic heterocycles. The number of carbonyl (C=O) groups is 2. The van der Waals surface area contributed by atoms with Crippen molar-refractivity contribution in [3.05, 3.63) is 71.8 Å². The van der Waals surface area contributed by atoms with Gasteiger partial charge < -0.3 is 4.90 Å². The molecule has 136 valence electrons. The number of carbonyl (C=O) groups excluding carboxylic acids is 2. The molecule has 3 rings (SSSR count). The Labute approximate surface area is 159 Å². The van der Waals surface area contributed by atoms with E-state index in [-0.39, 0.29) is 29.3 Å². The van der Waals surface area contributed by atoms with Crippen molar-refractivity contribution < 1.29 is 9.59 Å². The monoisotopic (exact) mass is 368 g/mol. The lowest BCUT2D eigenvalue weighted by molar-refractivity contribution is -0.128. The van der Waals surface area contributed by atoms with Crippen molar-refractivity contribution in [2.24, 2.45) is 0 Å². The minimum absolute atomic E-state index is 0.0554. The van der Waals surface area contributed by atoms with Crippen LogP contribution in [0.1, 0.15) is 31.0 Å². The number of hydrogen-bond donors (Lipinski definition) is 0. The third kappa shape index (κ3) is 3.63. The summed E-state index contributed by atoms with van der Waals surface area (Å²) in [6.07, 6.45) is 0. The standard InChI is InChI=1S/C21H24N2O2S/c1-15-19(18-12-8-5-9-13-18)23(21(25)22(15)3)20(24)16(2)26-14-17-10-6-4-7-11-17/h4-13,15-16,19H,14H2,1-3H3/t15-,16+,19-/m0/s1. The third-order valence-electron chi connectivity index (χ3n) is 4.92. The topological polar surface area (TPSA) is 40.6 Å². The number of thioether (sulfide) groups is 1. The number of likely N-dealkylation sites (N-methyl/N-ethyl adjacent to an activating group) is 1. The Morgan fingerprint density at radius 2 is 1.65 bits per heavy atom. The summed E-state index contributed by atoms with van der Waals surface area (Å²) in [6.45, 7) is 3.87. The Kier molecular flexibility index (Phi) is 5.67. The Morgan fingerprint density at radius 3 is 2.27 bits per heavy atom. The lowest BCUT2D eigenvalue weighted by Crippen LogP contribution is -2.40. The Morgan fingerprint density at radius 1 is 1.08 bits per heavy atom. The van der Waals surface area contributed by atoms with Crippen molar-refractivity contribution in [1.29, 1.82) is 0 Å². The first-order valence-corrected chi connectivity index (χ1v) is 9.86. The molecule has 1 saturated heterocycles. The Bertz CT molecular complexity index is 766. The van der Waals surface area contributed by atoms with Gasteiger partial charge in [-0.25, -0.2) is 4.79 Å². The molecule has 0 bridgehead atoms. The maximum atomic E-state index is 13.1. The molecule has 1 aliphatic rings. The highest BCUT2D eigenvalue weighted by Gasteiger charge is 2.46. The first kappa shape index (κ1) is 18.5. The average Bonchev–Trinajstić information content (AvgIpc) is 2.91. The largest absolute Gasteiger partial charge is 0.327 e. The summed E-state index contributed by atoms with van der Waals surface area (Å²) in [7, 11) is 1.76. The fourth-order valence-corrected chi connectivity index (χ4v) is 4.15. The van der Waals surface area contributed by atoms with Gasteiger partial charge >= 0.3 is 6.03 Å². The van der Waals surface area contributed by atoms with E-state index in [0.29, 0.717) is 0 Å². The van der Waals surface area contributed by atoms with Gasteiger partial charge in [-0.3, -0.25) is 9.69 Å². The van der Waals surface area contributed by atoms with E-state index in [0.717, 1.165) is 11.3 Å². The second-order valence-electron chi connectivity index (χ2n) is 6.64. The van der Waals surface area contributed by atoms with Crippen LogP contribution in [0.15, 0.2) is 60.7 Å². The van der Waals surface area contributed by atoms with E-state index < -0.39 is 0 Å². The molecule has 0 radical (unpaired) electrons. The molecule has 1 heterocycles. The zero-order valence-corrected chi connectivity index (χ0v) is 16.1. The highest BCUT2D eigenvalue weighted by Crippen LogP contribution is 2.36. The van der Waals surface area contributed by atoms with Crippen molar-refractivity contribution in [2.75, 3.05) is 7.05 Å². The molecule has 0 aliphatic carbocycles. The van der Waals surface area contributed by atoms with Gasteiger partial charge in [-0.05, 0) is 25.0 Å². The van der Waals surface area contributed by atoms with Crippen LogP contribution in [0.25, 0.3) is 0 Å². The molecule has 2 aromatic carbocycles. The molecular weight excluding hydrogens is 344 g/mol. The van der Waals surface area contributed by atoms with Crippen LogP contribution in [0.5, 0.6) is 0 Å². The predicted octanol–water partition coefficient (Wildman–Crippen LogP) is 4.33. The summed E-state index contributed by atoms with van der Waals surface area (Å²) in [4.78, 5) is 29.0. The Hall–Kier alpha value is -2.27. The molecule has 4 nitrogen and oxygen atoms in total. The Balaban J connectivity index is 1.78. The summed E-state index contributed by atoms with van der Waals surface area (Å²) in [6, 6.07) is 19.3. The van der Waals surface area contributed by atoms with Gasteiger partial charge in [0.25, 0.3) is 0 Å². The van der Waals surface area contributed by atoms with Gasteiger partial charge in [-0.15, -0.1) is 11.8 Å². The molecule has 0 unspecified atom stereocenters. The lowest BCUT2D eigenvalue weighted by atomic mass is 10.0. The van der Waals surface area contributed by atoms with Crippen molar-refractivity contribution in [2.45, 2.75) is 36.9 Å². The molecular formula is C21H24N2O2S. The molecule has 26 heavy (non-hydrogen) atoms. The first-order valence-electron chi connectivity index (χ1n) is 8.81. The highest BCUT2D eigenvalue weighted by molar-refractivity contribution is 7.99. The van der Waals surface area contributed by atoms with E-state index >= 15 is 0 Å². The second-order valence-corrected chi connectivity index (χ2v) is 7.97. The quantitative estimate of drug-likeness (QED) is 0.789. The number of nitrogens with zero attached hydrogens (tertiary/aromatic N) is 2. The molecule has 0 aromatic heterocycles. The molecule has 3 atom stereocenters. The van der Waals surface area contributed by atoms with E-state index in [2.05, 4.69) is 0 Å². The van der Waals surface area contributed by atoms with Gasteiger partial charge in [0, 0.05) is 12.8 Å². The van der Waals surface area contributed by atoms with Crippen LogP contribution in [0.4, 0.5) is 4.79 Å². The van der Waals surface area contributed by atoms with Gasteiger partial charge in [0.1, 0.15) is 0 Å². The van der Waals surface area contributed by atoms with Crippen molar-refractivity contribution in [3.8, 4) is 0 Å². The minimum atomic E-state index is -0.288. The van der Waals surface area contributed by atoms with E-state index in [4.69, 9.17) is 0 Å². The second kappa shape index (κ2) is 7.96. The van der Waals surface area contributed by atoms with Gasteiger partial charge in [-0.2, -0.15) is 0 Å². The lowest BCUT2D eigenvalue weighted by Gasteiger charge is -2.26. The number of imide groups is 1. The van der Waals surface area contributed by atoms with Gasteiger partial charge in [0.15, 0.2) is 0 Å². The van der Waals surface area contributed by atoms with Crippen LogP contribution in [0.3, 0.4) is 0 Å². The van der Waals surface area contributed by atoms with E-state index in [9.17, 15) is 9.59 Å². The summed E-state index contributed by atoms with van der Waals surface area (Å²) in [5.74, 6) is 0.623. The smallest absolute Gasteiger partial charge is 0.322 e. The van der Waals surface area contributed by atoms with Crippen LogP contribution in [-0.4, -0.2) is 40.1 Å². The molecule has 0 spiro atoms. The van der Waals surface area contributed by atoms with Crippen molar-refractivity contribution in [3.63, 3.8) is 0 Å². The predicted molar refractivity (Wildman–Crippen MR) is 106 cm³/mol. The fourth-order valence-electron chi connectivity index (χ4n) is 3.26.